The Morgan fingerprint density at radius 1 is 1.41 bits per heavy atom. The molecule has 0 saturated heterocycles. The first-order chi connectivity index (χ1) is 8.06. The summed E-state index contributed by atoms with van der Waals surface area (Å²) >= 11 is 0. The smallest absolute Gasteiger partial charge is 0.311 e. The first kappa shape index (κ1) is 11.2. The zero-order chi connectivity index (χ0) is 12.4. The quantitative estimate of drug-likeness (QED) is 0.778. The number of aromatic nitrogens is 1. The van der Waals surface area contributed by atoms with Gasteiger partial charge in [0.1, 0.15) is 11.5 Å². The van der Waals surface area contributed by atoms with Gasteiger partial charge >= 0.3 is 5.91 Å². The molecule has 1 aromatic heterocycles. The summed E-state index contributed by atoms with van der Waals surface area (Å²) in [6.07, 6.45) is 1.46. The van der Waals surface area contributed by atoms with E-state index < -0.39 is 5.91 Å². The molecule has 5 nitrogen and oxygen atoms in total. The zero-order valence-electron chi connectivity index (χ0n) is 9.52. The topological polar surface area (TPSA) is 75.4 Å². The summed E-state index contributed by atoms with van der Waals surface area (Å²) in [6, 6.07) is 4.98. The van der Waals surface area contributed by atoms with Crippen LogP contribution in [0.5, 0.6) is 5.75 Å². The number of phenolic OH excluding ortho intramolecular Hbond substituents is 1. The predicted molar refractivity (Wildman–Crippen MR) is 62.0 cm³/mol. The fourth-order valence-corrected chi connectivity index (χ4v) is 1.38. The molecule has 0 aliphatic rings. The summed E-state index contributed by atoms with van der Waals surface area (Å²) in [6.45, 7) is 3.55. The van der Waals surface area contributed by atoms with Crippen LogP contribution in [-0.2, 0) is 0 Å². The average molecular weight is 232 g/mol. The Morgan fingerprint density at radius 3 is 2.76 bits per heavy atom. The number of rotatable bonds is 2. The number of phenols is 1. The van der Waals surface area contributed by atoms with Gasteiger partial charge in [0.25, 0.3) is 5.89 Å². The molecule has 17 heavy (non-hydrogen) atoms. The highest BCUT2D eigenvalue weighted by molar-refractivity contribution is 6.01. The van der Waals surface area contributed by atoms with Crippen molar-refractivity contribution in [1.82, 2.24) is 4.98 Å². The van der Waals surface area contributed by atoms with E-state index in [4.69, 9.17) is 4.42 Å². The van der Waals surface area contributed by atoms with Crippen LogP contribution in [0.25, 0.3) is 0 Å². The molecule has 5 heteroatoms. The number of aromatic hydroxyl groups is 1. The van der Waals surface area contributed by atoms with Gasteiger partial charge in [0, 0.05) is 0 Å². The van der Waals surface area contributed by atoms with Crippen LogP contribution in [0.4, 0.5) is 5.69 Å². The van der Waals surface area contributed by atoms with Crippen molar-refractivity contribution in [2.24, 2.45) is 0 Å². The summed E-state index contributed by atoms with van der Waals surface area (Å²) in [7, 11) is 0. The largest absolute Gasteiger partial charge is 0.506 e. The van der Waals surface area contributed by atoms with E-state index in [2.05, 4.69) is 10.3 Å². The highest BCUT2D eigenvalue weighted by atomic mass is 16.4. The molecule has 88 valence electrons. The van der Waals surface area contributed by atoms with Gasteiger partial charge in [-0.25, -0.2) is 4.98 Å². The van der Waals surface area contributed by atoms with Gasteiger partial charge in [-0.05, 0) is 31.5 Å². The molecule has 0 aliphatic heterocycles. The number of nitrogens with zero attached hydrogens (tertiary/aromatic N) is 1. The molecule has 1 amide bonds. The molecule has 1 heterocycles. The van der Waals surface area contributed by atoms with Gasteiger partial charge in [-0.1, -0.05) is 6.07 Å². The van der Waals surface area contributed by atoms with Crippen LogP contribution in [-0.4, -0.2) is 16.0 Å². The minimum absolute atomic E-state index is 0.0154. The van der Waals surface area contributed by atoms with Gasteiger partial charge in [0.2, 0.25) is 0 Å². The van der Waals surface area contributed by atoms with Crippen LogP contribution in [0.15, 0.2) is 28.8 Å². The molecule has 0 atom stereocenters. The maximum Gasteiger partial charge on any atom is 0.311 e. The van der Waals surface area contributed by atoms with Crippen molar-refractivity contribution in [3.63, 3.8) is 0 Å². The molecule has 0 fully saturated rings. The molecule has 2 N–H and O–H groups in total. The highest BCUT2D eigenvalue weighted by Crippen LogP contribution is 2.24. The van der Waals surface area contributed by atoms with Crippen molar-refractivity contribution >= 4 is 11.6 Å². The van der Waals surface area contributed by atoms with E-state index in [1.54, 1.807) is 25.1 Å². The van der Waals surface area contributed by atoms with Gasteiger partial charge in [-0.3, -0.25) is 4.79 Å². The number of oxazole rings is 1. The van der Waals surface area contributed by atoms with E-state index in [0.29, 0.717) is 11.4 Å². The second kappa shape index (κ2) is 4.29. The molecular weight excluding hydrogens is 220 g/mol. The normalized spacial score (nSPS) is 10.2. The molecule has 2 aromatic rings. The maximum absolute atomic E-state index is 11.7. The second-order valence-corrected chi connectivity index (χ2v) is 3.75. The van der Waals surface area contributed by atoms with E-state index in [1.807, 2.05) is 6.92 Å². The van der Waals surface area contributed by atoms with Crippen LogP contribution in [0.3, 0.4) is 0 Å². The van der Waals surface area contributed by atoms with Gasteiger partial charge in [0.15, 0.2) is 0 Å². The Kier molecular flexibility index (Phi) is 2.82. The monoisotopic (exact) mass is 232 g/mol. The van der Waals surface area contributed by atoms with Crippen molar-refractivity contribution in [1.29, 1.82) is 0 Å². The lowest BCUT2D eigenvalue weighted by Crippen LogP contribution is -2.12. The lowest BCUT2D eigenvalue weighted by atomic mass is 10.2. The number of carbonyl (C=O) groups excluding carboxylic acids is 1. The first-order valence-electron chi connectivity index (χ1n) is 5.09. The Hall–Kier alpha value is -2.30. The van der Waals surface area contributed by atoms with Crippen LogP contribution in [0.2, 0.25) is 0 Å². The van der Waals surface area contributed by atoms with E-state index in [1.165, 1.54) is 6.20 Å². The molecule has 0 bridgehead atoms. The number of hydrogen-bond acceptors (Lipinski definition) is 4. The number of anilines is 1. The summed E-state index contributed by atoms with van der Waals surface area (Å²) in [5, 5.41) is 12.1. The molecule has 0 saturated carbocycles. The fourth-order valence-electron chi connectivity index (χ4n) is 1.38. The zero-order valence-corrected chi connectivity index (χ0v) is 9.52. The Labute approximate surface area is 98.1 Å². The van der Waals surface area contributed by atoms with E-state index >= 15 is 0 Å². The van der Waals surface area contributed by atoms with Crippen LogP contribution in [0, 0.1) is 13.8 Å². The lowest BCUT2D eigenvalue weighted by Gasteiger charge is -2.05. The number of benzene rings is 1. The summed E-state index contributed by atoms with van der Waals surface area (Å²) in [5.74, 6) is 0.0598. The van der Waals surface area contributed by atoms with E-state index in [-0.39, 0.29) is 11.6 Å². The third-order valence-electron chi connectivity index (χ3n) is 2.22. The average Bonchev–Trinajstić information content (AvgIpc) is 2.69. The highest BCUT2D eigenvalue weighted by Gasteiger charge is 2.13. The first-order valence-corrected chi connectivity index (χ1v) is 5.09. The maximum atomic E-state index is 11.7. The standard InChI is InChI=1S/C12H12N2O3/c1-7-3-4-9(10(15)5-7)14-11(16)12-13-6-8(2)17-12/h3-6,15H,1-2H3,(H,14,16). The van der Waals surface area contributed by atoms with Crippen molar-refractivity contribution in [2.75, 3.05) is 5.32 Å². The molecular formula is C12H12N2O3. The van der Waals surface area contributed by atoms with Crippen LogP contribution >= 0.6 is 0 Å². The second-order valence-electron chi connectivity index (χ2n) is 3.75. The summed E-state index contributed by atoms with van der Waals surface area (Å²) in [4.78, 5) is 15.5. The third-order valence-corrected chi connectivity index (χ3v) is 2.22. The van der Waals surface area contributed by atoms with Crippen LogP contribution < -0.4 is 5.32 Å². The minimum atomic E-state index is -0.489. The number of nitrogens with one attached hydrogen (secondary N) is 1. The van der Waals surface area contributed by atoms with Crippen LogP contribution in [0.1, 0.15) is 22.0 Å². The number of carbonyl (C=O) groups is 1. The molecule has 1 aromatic carbocycles. The van der Waals surface area contributed by atoms with Gasteiger partial charge in [0.05, 0.1) is 11.9 Å². The van der Waals surface area contributed by atoms with Crippen molar-refractivity contribution < 1.29 is 14.3 Å². The van der Waals surface area contributed by atoms with Gasteiger partial charge in [-0.2, -0.15) is 0 Å². The Balaban J connectivity index is 2.18. The van der Waals surface area contributed by atoms with Gasteiger partial charge < -0.3 is 14.8 Å². The molecule has 0 radical (unpaired) electrons. The molecule has 0 aliphatic carbocycles. The fraction of sp³-hybridized carbons (Fsp3) is 0.167. The molecule has 2 rings (SSSR count). The van der Waals surface area contributed by atoms with E-state index in [9.17, 15) is 9.90 Å². The third kappa shape index (κ3) is 2.44. The minimum Gasteiger partial charge on any atom is -0.506 e. The Morgan fingerprint density at radius 2 is 2.18 bits per heavy atom. The molecule has 0 unspecified atom stereocenters. The summed E-state index contributed by atoms with van der Waals surface area (Å²) < 4.78 is 5.08. The lowest BCUT2D eigenvalue weighted by molar-refractivity contribution is 0.0988. The number of aryl methyl sites for hydroxylation is 2. The SMILES string of the molecule is Cc1ccc(NC(=O)c2ncc(C)o2)c(O)c1. The molecule has 0 spiro atoms. The van der Waals surface area contributed by atoms with Gasteiger partial charge in [-0.15, -0.1) is 0 Å². The van der Waals surface area contributed by atoms with E-state index in [0.717, 1.165) is 5.56 Å². The number of hydrogen-bond donors (Lipinski definition) is 2. The van der Waals surface area contributed by atoms with Crippen molar-refractivity contribution in [3.05, 3.63) is 41.6 Å². The van der Waals surface area contributed by atoms with Crippen molar-refractivity contribution in [2.45, 2.75) is 13.8 Å². The summed E-state index contributed by atoms with van der Waals surface area (Å²) in [5.41, 5.74) is 1.24. The Bertz CT molecular complexity index is 561. The predicted octanol–water partition coefficient (Wildman–Crippen LogP) is 2.25. The number of amides is 1. The van der Waals surface area contributed by atoms with Crippen molar-refractivity contribution in [3.8, 4) is 5.75 Å².